The number of hydrogen-bond acceptors (Lipinski definition) is 1. The smallest absolute Gasteiger partial charge is 0.0641 e. The summed E-state index contributed by atoms with van der Waals surface area (Å²) in [5.41, 5.74) is 2.95. The monoisotopic (exact) mass is 215 g/mol. The number of ether oxygens (including phenoxy) is 1. The van der Waals surface area contributed by atoms with Gasteiger partial charge in [0.15, 0.2) is 0 Å². The van der Waals surface area contributed by atoms with Gasteiger partial charge < -0.3 is 9.30 Å². The molecule has 3 rings (SSSR count). The molecule has 0 unspecified atom stereocenters. The Morgan fingerprint density at radius 1 is 1.31 bits per heavy atom. The van der Waals surface area contributed by atoms with E-state index in [1.165, 1.54) is 29.3 Å². The van der Waals surface area contributed by atoms with Crippen molar-refractivity contribution in [1.29, 1.82) is 0 Å². The highest BCUT2D eigenvalue weighted by Crippen LogP contribution is 2.43. The third-order valence-corrected chi connectivity index (χ3v) is 3.37. The summed E-state index contributed by atoms with van der Waals surface area (Å²) in [6.45, 7) is 1.73. The average Bonchev–Trinajstić information content (AvgIpc) is 3.07. The number of fused-ring (bicyclic) bond motifs is 1. The van der Waals surface area contributed by atoms with Gasteiger partial charge in [-0.25, -0.2) is 0 Å². The highest BCUT2D eigenvalue weighted by molar-refractivity contribution is 5.84. The van der Waals surface area contributed by atoms with Crippen LogP contribution in [0.1, 0.15) is 24.3 Å². The molecular formula is C14H17NO. The molecule has 1 aromatic heterocycles. The van der Waals surface area contributed by atoms with Crippen LogP contribution in [0.3, 0.4) is 0 Å². The van der Waals surface area contributed by atoms with E-state index in [0.29, 0.717) is 0 Å². The van der Waals surface area contributed by atoms with Crippen molar-refractivity contribution in [2.45, 2.75) is 25.3 Å². The Kier molecular flexibility index (Phi) is 2.44. The quantitative estimate of drug-likeness (QED) is 0.764. The Balaban J connectivity index is 2.07. The zero-order valence-electron chi connectivity index (χ0n) is 9.65. The van der Waals surface area contributed by atoms with E-state index in [9.17, 15) is 0 Å². The van der Waals surface area contributed by atoms with Crippen LogP contribution in [0.25, 0.3) is 10.9 Å². The lowest BCUT2D eigenvalue weighted by Crippen LogP contribution is -2.03. The fraction of sp³-hybridized carbons (Fsp3) is 0.429. The highest BCUT2D eigenvalue weighted by Gasteiger charge is 2.26. The van der Waals surface area contributed by atoms with Crippen LogP contribution < -0.4 is 0 Å². The van der Waals surface area contributed by atoms with Crippen LogP contribution in [0.5, 0.6) is 0 Å². The lowest BCUT2D eigenvalue weighted by atomic mass is 10.1. The minimum absolute atomic E-state index is 0.781. The molecule has 0 spiro atoms. The molecule has 1 aliphatic carbocycles. The summed E-state index contributed by atoms with van der Waals surface area (Å²) in [6, 6.07) is 8.86. The van der Waals surface area contributed by atoms with E-state index in [2.05, 4.69) is 35.0 Å². The molecule has 1 aromatic carbocycles. The van der Waals surface area contributed by atoms with Crippen molar-refractivity contribution in [2.75, 3.05) is 13.7 Å². The summed E-state index contributed by atoms with van der Waals surface area (Å²) in [6.07, 6.45) is 4.89. The van der Waals surface area contributed by atoms with Crippen LogP contribution in [-0.2, 0) is 11.3 Å². The topological polar surface area (TPSA) is 14.2 Å². The van der Waals surface area contributed by atoms with Crippen LogP contribution in [0, 0.1) is 0 Å². The van der Waals surface area contributed by atoms with Gasteiger partial charge >= 0.3 is 0 Å². The maximum Gasteiger partial charge on any atom is 0.0641 e. The van der Waals surface area contributed by atoms with Crippen LogP contribution >= 0.6 is 0 Å². The number of rotatable bonds is 4. The first-order chi connectivity index (χ1) is 7.90. The number of hydrogen-bond donors (Lipinski definition) is 0. The minimum Gasteiger partial charge on any atom is -0.383 e. The SMILES string of the molecule is COCCn1ccc2cccc(C3CC3)c21. The van der Waals surface area contributed by atoms with Gasteiger partial charge in [-0.2, -0.15) is 0 Å². The number of methoxy groups -OCH3 is 1. The molecule has 0 N–H and O–H groups in total. The molecule has 0 bridgehead atoms. The van der Waals surface area contributed by atoms with Crippen molar-refractivity contribution in [3.8, 4) is 0 Å². The molecular weight excluding hydrogens is 198 g/mol. The molecule has 0 saturated heterocycles. The number of nitrogens with zero attached hydrogens (tertiary/aromatic N) is 1. The maximum absolute atomic E-state index is 5.16. The van der Waals surface area contributed by atoms with Gasteiger partial charge in [0.05, 0.1) is 12.1 Å². The van der Waals surface area contributed by atoms with Gasteiger partial charge in [0.2, 0.25) is 0 Å². The summed E-state index contributed by atoms with van der Waals surface area (Å²) in [7, 11) is 1.76. The van der Waals surface area contributed by atoms with Crippen LogP contribution in [0.15, 0.2) is 30.5 Å². The fourth-order valence-corrected chi connectivity index (χ4v) is 2.39. The zero-order chi connectivity index (χ0) is 11.0. The molecule has 84 valence electrons. The molecule has 0 amide bonds. The minimum atomic E-state index is 0.781. The summed E-state index contributed by atoms with van der Waals surface area (Å²) in [4.78, 5) is 0. The van der Waals surface area contributed by atoms with Gasteiger partial charge in [0.25, 0.3) is 0 Å². The lowest BCUT2D eigenvalue weighted by Gasteiger charge is -2.08. The molecule has 1 heterocycles. The van der Waals surface area contributed by atoms with Gasteiger partial charge in [0, 0.05) is 19.9 Å². The van der Waals surface area contributed by atoms with Gasteiger partial charge in [-0.15, -0.1) is 0 Å². The second-order valence-corrected chi connectivity index (χ2v) is 4.56. The standard InChI is InChI=1S/C14H17NO/c1-16-10-9-15-8-7-12-3-2-4-13(14(12)15)11-5-6-11/h2-4,7-8,11H,5-6,9-10H2,1H3. The van der Waals surface area contributed by atoms with E-state index in [0.717, 1.165) is 19.1 Å². The Hall–Kier alpha value is -1.28. The molecule has 16 heavy (non-hydrogen) atoms. The summed E-state index contributed by atoms with van der Waals surface area (Å²) < 4.78 is 7.49. The van der Waals surface area contributed by atoms with Gasteiger partial charge in [-0.1, -0.05) is 18.2 Å². The predicted molar refractivity (Wildman–Crippen MR) is 65.8 cm³/mol. The van der Waals surface area contributed by atoms with Crippen molar-refractivity contribution in [1.82, 2.24) is 4.57 Å². The Labute approximate surface area is 95.8 Å². The zero-order valence-corrected chi connectivity index (χ0v) is 9.65. The Morgan fingerprint density at radius 3 is 2.94 bits per heavy atom. The number of aromatic nitrogens is 1. The van der Waals surface area contributed by atoms with Gasteiger partial charge in [-0.05, 0) is 35.8 Å². The molecule has 1 aliphatic rings. The first-order valence-corrected chi connectivity index (χ1v) is 5.97. The Bertz CT molecular complexity index is 496. The van der Waals surface area contributed by atoms with E-state index < -0.39 is 0 Å². The fourth-order valence-electron chi connectivity index (χ4n) is 2.39. The molecule has 0 radical (unpaired) electrons. The predicted octanol–water partition coefficient (Wildman–Crippen LogP) is 3.17. The van der Waals surface area contributed by atoms with Gasteiger partial charge in [-0.3, -0.25) is 0 Å². The normalized spacial score (nSPS) is 15.8. The van der Waals surface area contributed by atoms with E-state index in [4.69, 9.17) is 4.74 Å². The van der Waals surface area contributed by atoms with Crippen molar-refractivity contribution in [3.05, 3.63) is 36.0 Å². The van der Waals surface area contributed by atoms with Crippen molar-refractivity contribution in [3.63, 3.8) is 0 Å². The number of para-hydroxylation sites is 1. The lowest BCUT2D eigenvalue weighted by molar-refractivity contribution is 0.188. The molecule has 1 fully saturated rings. The molecule has 1 saturated carbocycles. The van der Waals surface area contributed by atoms with Crippen molar-refractivity contribution >= 4 is 10.9 Å². The highest BCUT2D eigenvalue weighted by atomic mass is 16.5. The summed E-state index contributed by atoms with van der Waals surface area (Å²) in [5, 5.41) is 1.36. The van der Waals surface area contributed by atoms with E-state index in [1.807, 2.05) is 0 Å². The van der Waals surface area contributed by atoms with E-state index in [1.54, 1.807) is 7.11 Å². The van der Waals surface area contributed by atoms with Crippen molar-refractivity contribution in [2.24, 2.45) is 0 Å². The second-order valence-electron chi connectivity index (χ2n) is 4.56. The van der Waals surface area contributed by atoms with Crippen molar-refractivity contribution < 1.29 is 4.74 Å². The number of benzene rings is 1. The first kappa shape index (κ1) is 9.91. The second kappa shape index (κ2) is 3.95. The third-order valence-electron chi connectivity index (χ3n) is 3.37. The van der Waals surface area contributed by atoms with Crippen LogP contribution in [0.2, 0.25) is 0 Å². The molecule has 2 aromatic rings. The molecule has 2 heteroatoms. The third kappa shape index (κ3) is 1.63. The van der Waals surface area contributed by atoms with Crippen LogP contribution in [0.4, 0.5) is 0 Å². The Morgan fingerprint density at radius 2 is 2.19 bits per heavy atom. The largest absolute Gasteiger partial charge is 0.383 e. The maximum atomic E-state index is 5.16. The van der Waals surface area contributed by atoms with E-state index >= 15 is 0 Å². The van der Waals surface area contributed by atoms with Crippen LogP contribution in [-0.4, -0.2) is 18.3 Å². The molecule has 0 atom stereocenters. The average molecular weight is 215 g/mol. The summed E-state index contributed by atoms with van der Waals surface area (Å²) in [5.74, 6) is 0.805. The summed E-state index contributed by atoms with van der Waals surface area (Å²) >= 11 is 0. The molecule has 2 nitrogen and oxygen atoms in total. The first-order valence-electron chi connectivity index (χ1n) is 5.97. The molecule has 0 aliphatic heterocycles. The van der Waals surface area contributed by atoms with E-state index in [-0.39, 0.29) is 0 Å². The van der Waals surface area contributed by atoms with Gasteiger partial charge in [0.1, 0.15) is 0 Å².